The predicted octanol–water partition coefficient (Wildman–Crippen LogP) is 2.26. The summed E-state index contributed by atoms with van der Waals surface area (Å²) in [5.74, 6) is 0.0726. The molecule has 0 radical (unpaired) electrons. The van der Waals surface area contributed by atoms with E-state index in [0.29, 0.717) is 19.2 Å². The lowest BCUT2D eigenvalue weighted by molar-refractivity contribution is -0.123. The first-order valence-electron chi connectivity index (χ1n) is 7.31. The van der Waals surface area contributed by atoms with E-state index in [2.05, 4.69) is 22.1 Å². The number of carbonyl (C=O) groups is 1. The van der Waals surface area contributed by atoms with Crippen molar-refractivity contribution in [3.8, 4) is 0 Å². The van der Waals surface area contributed by atoms with Crippen LogP contribution in [-0.4, -0.2) is 32.2 Å². The fourth-order valence-electron chi connectivity index (χ4n) is 2.62. The molecule has 0 fully saturated rings. The molecule has 1 amide bonds. The van der Waals surface area contributed by atoms with Gasteiger partial charge in [-0.05, 0) is 49.6 Å². The monoisotopic (exact) mass is 296 g/mol. The number of methoxy groups -OCH3 is 1. The summed E-state index contributed by atoms with van der Waals surface area (Å²) in [6, 6.07) is 2.36. The van der Waals surface area contributed by atoms with Crippen LogP contribution in [0.15, 0.2) is 11.4 Å². The topological polar surface area (TPSA) is 50.4 Å². The highest BCUT2D eigenvalue weighted by Crippen LogP contribution is 2.33. The lowest BCUT2D eigenvalue weighted by Crippen LogP contribution is -2.44. The second-order valence-corrected chi connectivity index (χ2v) is 6.27. The zero-order chi connectivity index (χ0) is 14.4. The molecule has 4 nitrogen and oxygen atoms in total. The summed E-state index contributed by atoms with van der Waals surface area (Å²) in [7, 11) is 1.67. The van der Waals surface area contributed by atoms with E-state index in [1.54, 1.807) is 7.11 Å². The van der Waals surface area contributed by atoms with E-state index >= 15 is 0 Å². The number of amides is 1. The molecule has 1 aromatic rings. The highest BCUT2D eigenvalue weighted by atomic mass is 32.1. The van der Waals surface area contributed by atoms with E-state index in [4.69, 9.17) is 4.74 Å². The van der Waals surface area contributed by atoms with Gasteiger partial charge in [0.2, 0.25) is 5.91 Å². The number of thiophene rings is 1. The van der Waals surface area contributed by atoms with E-state index in [1.165, 1.54) is 23.3 Å². The largest absolute Gasteiger partial charge is 0.385 e. The Morgan fingerprint density at radius 1 is 1.60 bits per heavy atom. The van der Waals surface area contributed by atoms with Gasteiger partial charge in [0.1, 0.15) is 0 Å². The van der Waals surface area contributed by atoms with Crippen molar-refractivity contribution in [2.45, 2.75) is 44.7 Å². The minimum atomic E-state index is -0.159. The third-order valence-electron chi connectivity index (χ3n) is 3.72. The van der Waals surface area contributed by atoms with Crippen LogP contribution in [0, 0.1) is 0 Å². The first-order chi connectivity index (χ1) is 9.72. The van der Waals surface area contributed by atoms with Gasteiger partial charge >= 0.3 is 0 Å². The van der Waals surface area contributed by atoms with Crippen molar-refractivity contribution >= 4 is 17.2 Å². The summed E-state index contributed by atoms with van der Waals surface area (Å²) in [6.45, 7) is 3.29. The van der Waals surface area contributed by atoms with E-state index in [0.717, 1.165) is 12.8 Å². The molecule has 0 bridgehead atoms. The van der Waals surface area contributed by atoms with Crippen molar-refractivity contribution < 1.29 is 9.53 Å². The van der Waals surface area contributed by atoms with Crippen molar-refractivity contribution in [2.24, 2.45) is 0 Å². The molecule has 1 aliphatic carbocycles. The van der Waals surface area contributed by atoms with Crippen LogP contribution in [0.5, 0.6) is 0 Å². The quantitative estimate of drug-likeness (QED) is 0.759. The highest BCUT2D eigenvalue weighted by Gasteiger charge is 2.24. The second-order valence-electron chi connectivity index (χ2n) is 5.27. The van der Waals surface area contributed by atoms with Crippen LogP contribution in [-0.2, 0) is 16.0 Å². The maximum Gasteiger partial charge on any atom is 0.236 e. The minimum absolute atomic E-state index is 0.0726. The van der Waals surface area contributed by atoms with E-state index < -0.39 is 0 Å². The lowest BCUT2D eigenvalue weighted by Gasteiger charge is -2.26. The summed E-state index contributed by atoms with van der Waals surface area (Å²) in [6.07, 6.45) is 4.36. The maximum atomic E-state index is 12.0. The van der Waals surface area contributed by atoms with Gasteiger partial charge in [-0.25, -0.2) is 0 Å². The molecule has 112 valence electrons. The molecule has 5 heteroatoms. The first kappa shape index (κ1) is 15.5. The fourth-order valence-corrected chi connectivity index (χ4v) is 3.61. The lowest BCUT2D eigenvalue weighted by atomic mass is 9.93. The van der Waals surface area contributed by atoms with E-state index in [9.17, 15) is 4.79 Å². The van der Waals surface area contributed by atoms with E-state index in [-0.39, 0.29) is 11.9 Å². The SMILES string of the molecule is COCCCNC(=O)C(C)NC1CCCc2sccc21. The molecule has 0 aromatic carbocycles. The molecular formula is C15H24N2O2S. The Bertz CT molecular complexity index is 433. The molecule has 1 aliphatic rings. The van der Waals surface area contributed by atoms with Crippen LogP contribution in [0.25, 0.3) is 0 Å². The van der Waals surface area contributed by atoms with Crippen LogP contribution in [0.3, 0.4) is 0 Å². The van der Waals surface area contributed by atoms with Gasteiger partial charge < -0.3 is 10.1 Å². The number of ether oxygens (including phenoxy) is 1. The molecule has 0 aliphatic heterocycles. The van der Waals surface area contributed by atoms with Crippen molar-refractivity contribution in [1.29, 1.82) is 0 Å². The third-order valence-corrected chi connectivity index (χ3v) is 4.72. The average Bonchev–Trinajstić information content (AvgIpc) is 2.93. The summed E-state index contributed by atoms with van der Waals surface area (Å²) >= 11 is 1.83. The molecule has 0 saturated carbocycles. The van der Waals surface area contributed by atoms with Crippen LogP contribution in [0.4, 0.5) is 0 Å². The molecular weight excluding hydrogens is 272 g/mol. The van der Waals surface area contributed by atoms with Crippen molar-refractivity contribution in [1.82, 2.24) is 10.6 Å². The fraction of sp³-hybridized carbons (Fsp3) is 0.667. The minimum Gasteiger partial charge on any atom is -0.385 e. The van der Waals surface area contributed by atoms with Gasteiger partial charge in [-0.15, -0.1) is 11.3 Å². The predicted molar refractivity (Wildman–Crippen MR) is 82.1 cm³/mol. The van der Waals surface area contributed by atoms with Gasteiger partial charge in [0.05, 0.1) is 6.04 Å². The number of fused-ring (bicyclic) bond motifs is 1. The molecule has 20 heavy (non-hydrogen) atoms. The molecule has 2 atom stereocenters. The highest BCUT2D eigenvalue weighted by molar-refractivity contribution is 7.10. The molecule has 2 N–H and O–H groups in total. The Morgan fingerprint density at radius 2 is 2.45 bits per heavy atom. The summed E-state index contributed by atoms with van der Waals surface area (Å²) in [5.41, 5.74) is 1.39. The Kier molecular flexibility index (Phi) is 6.01. The van der Waals surface area contributed by atoms with Gasteiger partial charge in [0, 0.05) is 31.2 Å². The van der Waals surface area contributed by atoms with Crippen molar-refractivity contribution in [3.63, 3.8) is 0 Å². The van der Waals surface area contributed by atoms with Crippen LogP contribution >= 0.6 is 11.3 Å². The molecule has 0 saturated heterocycles. The zero-order valence-corrected chi connectivity index (χ0v) is 13.1. The van der Waals surface area contributed by atoms with Crippen molar-refractivity contribution in [3.05, 3.63) is 21.9 Å². The number of nitrogens with one attached hydrogen (secondary N) is 2. The van der Waals surface area contributed by atoms with Crippen LogP contribution in [0.1, 0.15) is 42.7 Å². The van der Waals surface area contributed by atoms with Crippen LogP contribution in [0.2, 0.25) is 0 Å². The van der Waals surface area contributed by atoms with Gasteiger partial charge in [-0.3, -0.25) is 10.1 Å². The number of hydrogen-bond acceptors (Lipinski definition) is 4. The maximum absolute atomic E-state index is 12.0. The first-order valence-corrected chi connectivity index (χ1v) is 8.19. The third kappa shape index (κ3) is 4.04. The number of carbonyl (C=O) groups excluding carboxylic acids is 1. The average molecular weight is 296 g/mol. The number of aryl methyl sites for hydroxylation is 1. The number of hydrogen-bond donors (Lipinski definition) is 2. The molecule has 0 spiro atoms. The summed E-state index contributed by atoms with van der Waals surface area (Å²) < 4.78 is 4.97. The smallest absolute Gasteiger partial charge is 0.236 e. The van der Waals surface area contributed by atoms with Gasteiger partial charge in [-0.2, -0.15) is 0 Å². The second kappa shape index (κ2) is 7.76. The van der Waals surface area contributed by atoms with Gasteiger partial charge in [0.25, 0.3) is 0 Å². The molecule has 1 heterocycles. The summed E-state index contributed by atoms with van der Waals surface area (Å²) in [4.78, 5) is 13.5. The van der Waals surface area contributed by atoms with Gasteiger partial charge in [0.15, 0.2) is 0 Å². The standard InChI is InChI=1S/C15H24N2O2S/c1-11(15(18)16-8-4-9-19-2)17-13-5-3-6-14-12(13)7-10-20-14/h7,10-11,13,17H,3-6,8-9H2,1-2H3,(H,16,18). The normalized spacial score (nSPS) is 19.4. The van der Waals surface area contributed by atoms with Crippen LogP contribution < -0.4 is 10.6 Å². The number of rotatable bonds is 7. The Balaban J connectivity index is 1.80. The van der Waals surface area contributed by atoms with Crippen molar-refractivity contribution in [2.75, 3.05) is 20.3 Å². The molecule has 2 unspecified atom stereocenters. The molecule has 2 rings (SSSR count). The Hall–Kier alpha value is -0.910. The summed E-state index contributed by atoms with van der Waals surface area (Å²) in [5, 5.41) is 8.56. The van der Waals surface area contributed by atoms with E-state index in [1.807, 2.05) is 18.3 Å². The molecule has 1 aromatic heterocycles. The zero-order valence-electron chi connectivity index (χ0n) is 12.3. The Morgan fingerprint density at radius 3 is 3.25 bits per heavy atom. The van der Waals surface area contributed by atoms with Gasteiger partial charge in [-0.1, -0.05) is 0 Å². The Labute approximate surface area is 124 Å².